The van der Waals surface area contributed by atoms with Crippen LogP contribution >= 0.6 is 23.2 Å². The first kappa shape index (κ1) is 15.3. The number of rotatable bonds is 6. The van der Waals surface area contributed by atoms with Gasteiger partial charge in [-0.25, -0.2) is 4.79 Å². The van der Waals surface area contributed by atoms with E-state index in [1.165, 1.54) is 0 Å². The van der Waals surface area contributed by atoms with E-state index in [4.69, 9.17) is 27.9 Å². The molecule has 2 nitrogen and oxygen atoms in total. The lowest BCUT2D eigenvalue weighted by Gasteiger charge is -2.08. The van der Waals surface area contributed by atoms with Gasteiger partial charge in [-0.3, -0.25) is 0 Å². The van der Waals surface area contributed by atoms with E-state index in [1.807, 2.05) is 6.92 Å². The van der Waals surface area contributed by atoms with Crippen molar-refractivity contribution in [3.8, 4) is 0 Å². The number of benzene rings is 1. The van der Waals surface area contributed by atoms with Crippen LogP contribution in [0.1, 0.15) is 48.5 Å². The quantitative estimate of drug-likeness (QED) is 0.541. The average Bonchev–Trinajstić information content (AvgIpc) is 2.33. The van der Waals surface area contributed by atoms with Gasteiger partial charge in [-0.05, 0) is 31.0 Å². The Kier molecular flexibility index (Phi) is 6.51. The van der Waals surface area contributed by atoms with Crippen molar-refractivity contribution >= 4 is 29.2 Å². The van der Waals surface area contributed by atoms with Crippen LogP contribution in [0, 0.1) is 6.92 Å². The molecule has 0 saturated carbocycles. The van der Waals surface area contributed by atoms with Gasteiger partial charge in [-0.2, -0.15) is 0 Å². The van der Waals surface area contributed by atoms with Crippen molar-refractivity contribution in [2.24, 2.45) is 0 Å². The van der Waals surface area contributed by atoms with Crippen LogP contribution in [0.15, 0.2) is 12.1 Å². The van der Waals surface area contributed by atoms with Crippen LogP contribution in [0.25, 0.3) is 0 Å². The van der Waals surface area contributed by atoms with Crippen molar-refractivity contribution in [3.05, 3.63) is 33.3 Å². The summed E-state index contributed by atoms with van der Waals surface area (Å²) in [5.74, 6) is -0.404. The van der Waals surface area contributed by atoms with E-state index in [0.29, 0.717) is 22.2 Å². The van der Waals surface area contributed by atoms with Gasteiger partial charge in [0.25, 0.3) is 0 Å². The molecule has 4 heteroatoms. The predicted molar refractivity (Wildman–Crippen MR) is 75.6 cm³/mol. The Balaban J connectivity index is 2.54. The number of carbonyl (C=O) groups is 1. The number of carbonyl (C=O) groups excluding carboxylic acids is 1. The van der Waals surface area contributed by atoms with Crippen LogP contribution in [0.4, 0.5) is 0 Å². The second kappa shape index (κ2) is 7.65. The van der Waals surface area contributed by atoms with Crippen LogP contribution in [0.3, 0.4) is 0 Å². The van der Waals surface area contributed by atoms with Gasteiger partial charge in [-0.1, -0.05) is 49.4 Å². The lowest BCUT2D eigenvalue weighted by molar-refractivity contribution is 0.0498. The predicted octanol–water partition coefficient (Wildman–Crippen LogP) is 5.04. The molecule has 0 N–H and O–H groups in total. The molecule has 0 radical (unpaired) electrons. The zero-order valence-electron chi connectivity index (χ0n) is 10.8. The third-order valence-corrected chi connectivity index (χ3v) is 3.42. The Morgan fingerprint density at radius 3 is 2.56 bits per heavy atom. The maximum Gasteiger partial charge on any atom is 0.339 e. The van der Waals surface area contributed by atoms with E-state index in [1.54, 1.807) is 12.1 Å². The van der Waals surface area contributed by atoms with Gasteiger partial charge < -0.3 is 4.74 Å². The minimum Gasteiger partial charge on any atom is -0.462 e. The van der Waals surface area contributed by atoms with Crippen molar-refractivity contribution in [2.45, 2.75) is 39.5 Å². The van der Waals surface area contributed by atoms with E-state index in [2.05, 4.69) is 6.92 Å². The number of ether oxygens (including phenoxy) is 1. The van der Waals surface area contributed by atoms with Crippen molar-refractivity contribution in [2.75, 3.05) is 6.61 Å². The fourth-order valence-electron chi connectivity index (χ4n) is 1.57. The molecule has 0 aliphatic carbocycles. The Morgan fingerprint density at radius 1 is 1.17 bits per heavy atom. The van der Waals surface area contributed by atoms with Crippen molar-refractivity contribution in [1.29, 1.82) is 0 Å². The molecule has 0 heterocycles. The van der Waals surface area contributed by atoms with E-state index in [-0.39, 0.29) is 0 Å². The standard InChI is InChI=1S/C14H18Cl2O2/c1-3-4-5-6-7-18-14(17)11-9-12(15)10(2)8-13(11)16/h8-9H,3-7H2,1-2H3. The minimum absolute atomic E-state index is 0.336. The second-order valence-electron chi connectivity index (χ2n) is 4.28. The Labute approximate surface area is 118 Å². The second-order valence-corrected chi connectivity index (χ2v) is 5.09. The fraction of sp³-hybridized carbons (Fsp3) is 0.500. The molecular formula is C14H18Cl2O2. The molecule has 0 saturated heterocycles. The molecule has 0 aromatic heterocycles. The molecule has 0 unspecified atom stereocenters. The van der Waals surface area contributed by atoms with Crippen LogP contribution in [-0.2, 0) is 4.74 Å². The topological polar surface area (TPSA) is 26.3 Å². The average molecular weight is 289 g/mol. The minimum atomic E-state index is -0.404. The largest absolute Gasteiger partial charge is 0.462 e. The molecule has 0 fully saturated rings. The number of unbranched alkanes of at least 4 members (excludes halogenated alkanes) is 3. The molecule has 100 valence electrons. The van der Waals surface area contributed by atoms with Gasteiger partial charge in [0.1, 0.15) is 0 Å². The molecule has 1 aromatic rings. The zero-order valence-corrected chi connectivity index (χ0v) is 12.3. The highest BCUT2D eigenvalue weighted by Gasteiger charge is 2.13. The molecule has 0 aliphatic rings. The lowest BCUT2D eigenvalue weighted by Crippen LogP contribution is -2.07. The van der Waals surface area contributed by atoms with Crippen LogP contribution < -0.4 is 0 Å². The molecule has 0 bridgehead atoms. The first-order valence-corrected chi connectivity index (χ1v) is 6.94. The lowest BCUT2D eigenvalue weighted by atomic mass is 10.1. The molecular weight excluding hydrogens is 271 g/mol. The van der Waals surface area contributed by atoms with E-state index >= 15 is 0 Å². The van der Waals surface area contributed by atoms with Crippen molar-refractivity contribution < 1.29 is 9.53 Å². The molecule has 1 rings (SSSR count). The monoisotopic (exact) mass is 288 g/mol. The summed E-state index contributed by atoms with van der Waals surface area (Å²) in [5, 5.41) is 0.910. The summed E-state index contributed by atoms with van der Waals surface area (Å²) in [4.78, 5) is 11.8. The van der Waals surface area contributed by atoms with E-state index in [0.717, 1.165) is 31.2 Å². The fourth-order valence-corrected chi connectivity index (χ4v) is 2.03. The van der Waals surface area contributed by atoms with Gasteiger partial charge in [0.05, 0.1) is 17.2 Å². The maximum absolute atomic E-state index is 11.8. The van der Waals surface area contributed by atoms with Crippen LogP contribution in [0.5, 0.6) is 0 Å². The highest BCUT2D eigenvalue weighted by Crippen LogP contribution is 2.25. The zero-order chi connectivity index (χ0) is 13.5. The Morgan fingerprint density at radius 2 is 1.89 bits per heavy atom. The maximum atomic E-state index is 11.8. The number of hydrogen-bond acceptors (Lipinski definition) is 2. The molecule has 0 atom stereocenters. The van der Waals surface area contributed by atoms with E-state index < -0.39 is 5.97 Å². The first-order valence-electron chi connectivity index (χ1n) is 6.19. The summed E-state index contributed by atoms with van der Waals surface area (Å²) in [6, 6.07) is 3.24. The third-order valence-electron chi connectivity index (χ3n) is 2.70. The number of hydrogen-bond donors (Lipinski definition) is 0. The van der Waals surface area contributed by atoms with Crippen molar-refractivity contribution in [3.63, 3.8) is 0 Å². The number of esters is 1. The van der Waals surface area contributed by atoms with Crippen LogP contribution in [-0.4, -0.2) is 12.6 Å². The normalized spacial score (nSPS) is 10.4. The van der Waals surface area contributed by atoms with Crippen molar-refractivity contribution in [1.82, 2.24) is 0 Å². The van der Waals surface area contributed by atoms with Gasteiger partial charge >= 0.3 is 5.97 Å². The first-order chi connectivity index (χ1) is 8.56. The SMILES string of the molecule is CCCCCCOC(=O)c1cc(Cl)c(C)cc1Cl. The Bertz CT molecular complexity index is 417. The van der Waals surface area contributed by atoms with E-state index in [9.17, 15) is 4.79 Å². The smallest absolute Gasteiger partial charge is 0.339 e. The summed E-state index contributed by atoms with van der Waals surface area (Å²) in [5.41, 5.74) is 1.18. The van der Waals surface area contributed by atoms with Gasteiger partial charge in [0.2, 0.25) is 0 Å². The highest BCUT2D eigenvalue weighted by molar-refractivity contribution is 6.36. The highest BCUT2D eigenvalue weighted by atomic mass is 35.5. The van der Waals surface area contributed by atoms with Gasteiger partial charge in [0.15, 0.2) is 0 Å². The van der Waals surface area contributed by atoms with Gasteiger partial charge in [0, 0.05) is 5.02 Å². The Hall–Kier alpha value is -0.730. The third kappa shape index (κ3) is 4.51. The molecule has 1 aromatic carbocycles. The number of halogens is 2. The summed E-state index contributed by atoms with van der Waals surface area (Å²) in [6.07, 6.45) is 4.28. The molecule has 18 heavy (non-hydrogen) atoms. The summed E-state index contributed by atoms with van der Waals surface area (Å²) >= 11 is 12.0. The molecule has 0 spiro atoms. The summed E-state index contributed by atoms with van der Waals surface area (Å²) in [6.45, 7) is 4.41. The molecule has 0 aliphatic heterocycles. The number of aryl methyl sites for hydroxylation is 1. The van der Waals surface area contributed by atoms with Gasteiger partial charge in [-0.15, -0.1) is 0 Å². The summed E-state index contributed by atoms with van der Waals surface area (Å²) in [7, 11) is 0. The summed E-state index contributed by atoms with van der Waals surface area (Å²) < 4.78 is 5.17. The van der Waals surface area contributed by atoms with Crippen LogP contribution in [0.2, 0.25) is 10.0 Å². The molecule has 0 amide bonds.